The number of para-hydroxylation sites is 1. The number of aromatic nitrogens is 2. The predicted molar refractivity (Wildman–Crippen MR) is 116 cm³/mol. The number of hydrogen-bond acceptors (Lipinski definition) is 7. The van der Waals surface area contributed by atoms with Crippen LogP contribution >= 0.6 is 22.7 Å². The third-order valence-corrected chi connectivity index (χ3v) is 6.35. The van der Waals surface area contributed by atoms with Gasteiger partial charge in [0.25, 0.3) is 0 Å². The number of esters is 1. The van der Waals surface area contributed by atoms with Crippen LogP contribution < -0.4 is 4.74 Å². The van der Waals surface area contributed by atoms with E-state index in [4.69, 9.17) is 9.47 Å². The van der Waals surface area contributed by atoms with Gasteiger partial charge < -0.3 is 9.47 Å². The molecular formula is C22H18N2O3S2. The van der Waals surface area contributed by atoms with Crippen LogP contribution in [-0.2, 0) is 11.3 Å². The Kier molecular flexibility index (Phi) is 5.69. The molecule has 0 spiro atoms. The van der Waals surface area contributed by atoms with Gasteiger partial charge in [-0.3, -0.25) is 0 Å². The fourth-order valence-corrected chi connectivity index (χ4v) is 4.61. The van der Waals surface area contributed by atoms with Gasteiger partial charge in [0.15, 0.2) is 0 Å². The van der Waals surface area contributed by atoms with Crippen molar-refractivity contribution in [3.8, 4) is 26.9 Å². The van der Waals surface area contributed by atoms with Crippen LogP contribution in [0.25, 0.3) is 21.1 Å². The van der Waals surface area contributed by atoms with E-state index >= 15 is 0 Å². The van der Waals surface area contributed by atoms with Crippen LogP contribution in [0.3, 0.4) is 0 Å². The maximum absolute atomic E-state index is 12.6. The van der Waals surface area contributed by atoms with E-state index in [-0.39, 0.29) is 12.6 Å². The monoisotopic (exact) mass is 422 g/mol. The van der Waals surface area contributed by atoms with E-state index in [1.165, 1.54) is 22.7 Å². The normalized spacial score (nSPS) is 10.7. The molecule has 0 N–H and O–H groups in total. The Balaban J connectivity index is 1.46. The van der Waals surface area contributed by atoms with Crippen molar-refractivity contribution in [3.63, 3.8) is 0 Å². The second kappa shape index (κ2) is 8.55. The topological polar surface area (TPSA) is 61.3 Å². The molecule has 0 aliphatic heterocycles. The van der Waals surface area contributed by atoms with E-state index in [0.717, 1.165) is 26.9 Å². The second-order valence-corrected chi connectivity index (χ2v) is 8.08. The van der Waals surface area contributed by atoms with Crippen LogP contribution in [0.1, 0.15) is 21.1 Å². The molecule has 0 amide bonds. The first-order valence-corrected chi connectivity index (χ1v) is 10.6. The largest absolute Gasteiger partial charge is 0.496 e. The number of hydrogen-bond donors (Lipinski definition) is 0. The van der Waals surface area contributed by atoms with Crippen LogP contribution in [0, 0.1) is 6.92 Å². The van der Waals surface area contributed by atoms with Gasteiger partial charge in [0.05, 0.1) is 24.1 Å². The summed E-state index contributed by atoms with van der Waals surface area (Å²) in [6.07, 6.45) is 0. The molecule has 2 aromatic carbocycles. The van der Waals surface area contributed by atoms with Gasteiger partial charge in [0.1, 0.15) is 27.2 Å². The van der Waals surface area contributed by atoms with Gasteiger partial charge in [0.2, 0.25) is 0 Å². The van der Waals surface area contributed by atoms with Gasteiger partial charge in [0, 0.05) is 10.9 Å². The van der Waals surface area contributed by atoms with E-state index in [9.17, 15) is 4.79 Å². The van der Waals surface area contributed by atoms with Crippen LogP contribution in [0.15, 0.2) is 60.0 Å². The fraction of sp³-hybridized carbons (Fsp3) is 0.136. The van der Waals surface area contributed by atoms with Crippen molar-refractivity contribution in [2.24, 2.45) is 0 Å². The molecule has 7 heteroatoms. The molecular weight excluding hydrogens is 404 g/mol. The maximum Gasteiger partial charge on any atom is 0.350 e. The molecule has 2 heterocycles. The van der Waals surface area contributed by atoms with Gasteiger partial charge in [-0.25, -0.2) is 14.8 Å². The Morgan fingerprint density at radius 2 is 1.76 bits per heavy atom. The Bertz CT molecular complexity index is 1140. The second-order valence-electron chi connectivity index (χ2n) is 6.22. The highest BCUT2D eigenvalue weighted by Crippen LogP contribution is 2.32. The molecule has 0 fully saturated rings. The maximum atomic E-state index is 12.6. The number of nitrogens with zero attached hydrogens (tertiary/aromatic N) is 2. The predicted octanol–water partition coefficient (Wildman–Crippen LogP) is 5.61. The lowest BCUT2D eigenvalue weighted by Gasteiger charge is -2.04. The van der Waals surface area contributed by atoms with E-state index < -0.39 is 0 Å². The lowest BCUT2D eigenvalue weighted by molar-refractivity contribution is 0.0473. The average Bonchev–Trinajstić information content (AvgIpc) is 3.39. The van der Waals surface area contributed by atoms with Crippen LogP contribution in [0.2, 0.25) is 0 Å². The summed E-state index contributed by atoms with van der Waals surface area (Å²) >= 11 is 2.83. The van der Waals surface area contributed by atoms with Crippen molar-refractivity contribution in [1.82, 2.24) is 9.97 Å². The Hall–Kier alpha value is -3.03. The molecule has 29 heavy (non-hydrogen) atoms. The third kappa shape index (κ3) is 4.21. The minimum atomic E-state index is -0.381. The van der Waals surface area contributed by atoms with Gasteiger partial charge in [-0.15, -0.1) is 22.7 Å². The van der Waals surface area contributed by atoms with Gasteiger partial charge in [-0.1, -0.05) is 42.5 Å². The Morgan fingerprint density at radius 3 is 2.55 bits per heavy atom. The molecule has 0 atom stereocenters. The van der Waals surface area contributed by atoms with E-state index in [1.54, 1.807) is 7.11 Å². The highest BCUT2D eigenvalue weighted by molar-refractivity contribution is 7.17. The summed E-state index contributed by atoms with van der Waals surface area (Å²) in [6.45, 7) is 1.94. The first kappa shape index (κ1) is 19.3. The number of rotatable bonds is 6. The van der Waals surface area contributed by atoms with Crippen molar-refractivity contribution >= 4 is 28.6 Å². The van der Waals surface area contributed by atoms with Crippen molar-refractivity contribution in [3.05, 3.63) is 76.2 Å². The fourth-order valence-electron chi connectivity index (χ4n) is 2.81. The van der Waals surface area contributed by atoms with Crippen molar-refractivity contribution in [1.29, 1.82) is 0 Å². The number of methoxy groups -OCH3 is 1. The Morgan fingerprint density at radius 1 is 1.00 bits per heavy atom. The number of benzene rings is 2. The third-order valence-electron chi connectivity index (χ3n) is 4.24. The summed E-state index contributed by atoms with van der Waals surface area (Å²) in [5.74, 6) is 0.383. The summed E-state index contributed by atoms with van der Waals surface area (Å²) in [6, 6.07) is 17.5. The molecule has 0 saturated heterocycles. The van der Waals surface area contributed by atoms with Crippen LogP contribution in [0.5, 0.6) is 5.75 Å². The summed E-state index contributed by atoms with van der Waals surface area (Å²) in [7, 11) is 1.64. The summed E-state index contributed by atoms with van der Waals surface area (Å²) < 4.78 is 10.9. The highest BCUT2D eigenvalue weighted by atomic mass is 32.1. The molecule has 4 rings (SSSR count). The minimum absolute atomic E-state index is 0.114. The number of thiazole rings is 2. The molecule has 0 aliphatic carbocycles. The minimum Gasteiger partial charge on any atom is -0.496 e. The van der Waals surface area contributed by atoms with E-state index in [1.807, 2.05) is 66.9 Å². The van der Waals surface area contributed by atoms with Crippen LogP contribution in [0.4, 0.5) is 0 Å². The quantitative estimate of drug-likeness (QED) is 0.378. The summed E-state index contributed by atoms with van der Waals surface area (Å²) in [4.78, 5) is 22.2. The van der Waals surface area contributed by atoms with Gasteiger partial charge in [-0.2, -0.15) is 0 Å². The van der Waals surface area contributed by atoms with Gasteiger partial charge in [-0.05, 0) is 19.1 Å². The molecule has 0 saturated carbocycles. The van der Waals surface area contributed by atoms with Gasteiger partial charge >= 0.3 is 5.97 Å². The van der Waals surface area contributed by atoms with Crippen molar-refractivity contribution in [2.45, 2.75) is 13.5 Å². The zero-order valence-electron chi connectivity index (χ0n) is 15.9. The zero-order chi connectivity index (χ0) is 20.2. The lowest BCUT2D eigenvalue weighted by Crippen LogP contribution is -2.05. The SMILES string of the molecule is COc1ccccc1-c1nc(COC(=O)c2sc(-c3ccccc3)nc2C)cs1. The molecule has 2 aromatic heterocycles. The zero-order valence-corrected chi connectivity index (χ0v) is 17.5. The molecule has 0 bridgehead atoms. The standard InChI is InChI=1S/C22H18N2O3S2/c1-14-19(29-20(23-14)15-8-4-3-5-9-15)22(25)27-12-16-13-28-21(24-16)17-10-6-7-11-18(17)26-2/h3-11,13H,12H2,1-2H3. The first-order valence-electron chi connectivity index (χ1n) is 8.93. The smallest absolute Gasteiger partial charge is 0.350 e. The van der Waals surface area contributed by atoms with E-state index in [2.05, 4.69) is 9.97 Å². The first-order chi connectivity index (χ1) is 14.2. The molecule has 4 aromatic rings. The summed E-state index contributed by atoms with van der Waals surface area (Å²) in [5, 5.41) is 3.53. The highest BCUT2D eigenvalue weighted by Gasteiger charge is 2.18. The molecule has 5 nitrogen and oxygen atoms in total. The van der Waals surface area contributed by atoms with Crippen molar-refractivity contribution in [2.75, 3.05) is 7.11 Å². The number of aryl methyl sites for hydroxylation is 1. The van der Waals surface area contributed by atoms with Crippen molar-refractivity contribution < 1.29 is 14.3 Å². The molecule has 146 valence electrons. The lowest BCUT2D eigenvalue weighted by atomic mass is 10.2. The van der Waals surface area contributed by atoms with Crippen LogP contribution in [-0.4, -0.2) is 23.0 Å². The number of ether oxygens (including phenoxy) is 2. The molecule has 0 radical (unpaired) electrons. The molecule has 0 aliphatic rings. The molecule has 0 unspecified atom stereocenters. The number of carbonyl (C=O) groups excluding carboxylic acids is 1. The summed E-state index contributed by atoms with van der Waals surface area (Å²) in [5.41, 5.74) is 3.28. The van der Waals surface area contributed by atoms with E-state index in [0.29, 0.717) is 16.3 Å². The average molecular weight is 423 g/mol. The Labute approximate surface area is 176 Å². The number of carbonyl (C=O) groups is 1.